The predicted molar refractivity (Wildman–Crippen MR) is 111 cm³/mol. The number of halogens is 2. The molecule has 0 aliphatic heterocycles. The molecule has 0 radical (unpaired) electrons. The molecule has 0 spiro atoms. The highest BCUT2D eigenvalue weighted by atomic mass is 79.9. The van der Waals surface area contributed by atoms with Gasteiger partial charge in [-0.3, -0.25) is 9.59 Å². The topological polar surface area (TPSA) is 73.6 Å². The first-order valence-electron chi connectivity index (χ1n) is 8.69. The zero-order valence-electron chi connectivity index (χ0n) is 15.4. The number of furan rings is 1. The van der Waals surface area contributed by atoms with Crippen molar-refractivity contribution < 1.29 is 23.5 Å². The Hall–Kier alpha value is -2.70. The van der Waals surface area contributed by atoms with Crippen molar-refractivity contribution in [2.24, 2.45) is 0 Å². The van der Waals surface area contributed by atoms with Gasteiger partial charge in [0.1, 0.15) is 0 Å². The van der Waals surface area contributed by atoms with Crippen molar-refractivity contribution in [3.05, 3.63) is 92.8 Å². The average molecular weight is 476 g/mol. The molecule has 0 N–H and O–H groups in total. The van der Waals surface area contributed by atoms with Gasteiger partial charge in [-0.2, -0.15) is 0 Å². The molecule has 0 bridgehead atoms. The highest BCUT2D eigenvalue weighted by Crippen LogP contribution is 2.26. The van der Waals surface area contributed by atoms with E-state index in [-0.39, 0.29) is 18.0 Å². The number of hydrogen-bond acceptors (Lipinski definition) is 5. The molecule has 1 heterocycles. The number of ether oxygens (including phenoxy) is 1. The highest BCUT2D eigenvalue weighted by Gasteiger charge is 2.29. The Morgan fingerprint density at radius 3 is 2.28 bits per heavy atom. The predicted octanol–water partition coefficient (Wildman–Crippen LogP) is 5.74. The van der Waals surface area contributed by atoms with E-state index in [1.54, 1.807) is 61.5 Å². The fourth-order valence-corrected chi connectivity index (χ4v) is 3.15. The molecule has 148 valence electrons. The van der Waals surface area contributed by atoms with E-state index < -0.39 is 17.9 Å². The van der Waals surface area contributed by atoms with Gasteiger partial charge in [-0.15, -0.1) is 0 Å². The van der Waals surface area contributed by atoms with Crippen LogP contribution in [0.2, 0.25) is 5.02 Å². The summed E-state index contributed by atoms with van der Waals surface area (Å²) in [5.41, 5.74) is 1.53. The van der Waals surface area contributed by atoms with Crippen LogP contribution in [-0.4, -0.2) is 17.7 Å². The van der Waals surface area contributed by atoms with E-state index in [0.717, 1.165) is 4.47 Å². The number of esters is 2. The minimum Gasteiger partial charge on any atom is -0.457 e. The lowest BCUT2D eigenvalue weighted by molar-refractivity contribution is -0.139. The third-order valence-electron chi connectivity index (χ3n) is 4.35. The Morgan fingerprint density at radius 1 is 1.03 bits per heavy atom. The second-order valence-electron chi connectivity index (χ2n) is 6.38. The molecule has 1 atom stereocenters. The SMILES string of the molecule is Cc1ccoc1C(=O)OC(=O)C(CC(=O)c1ccc(Cl)cc1)c1ccc(Br)cc1. The number of ketones is 1. The second-order valence-corrected chi connectivity index (χ2v) is 7.73. The summed E-state index contributed by atoms with van der Waals surface area (Å²) in [5.74, 6) is -2.98. The van der Waals surface area contributed by atoms with Crippen LogP contribution in [0.3, 0.4) is 0 Å². The summed E-state index contributed by atoms with van der Waals surface area (Å²) in [6.07, 6.45) is 1.18. The normalized spacial score (nSPS) is 11.7. The Kier molecular flexibility index (Phi) is 6.67. The van der Waals surface area contributed by atoms with Gasteiger partial charge in [0, 0.05) is 27.0 Å². The van der Waals surface area contributed by atoms with Crippen molar-refractivity contribution >= 4 is 45.3 Å². The molecular weight excluding hydrogens is 460 g/mol. The van der Waals surface area contributed by atoms with Crippen LogP contribution in [0.4, 0.5) is 0 Å². The van der Waals surface area contributed by atoms with E-state index in [2.05, 4.69) is 15.9 Å². The molecule has 0 aliphatic rings. The molecule has 29 heavy (non-hydrogen) atoms. The van der Waals surface area contributed by atoms with E-state index in [1.807, 2.05) is 0 Å². The molecule has 1 unspecified atom stereocenters. The highest BCUT2D eigenvalue weighted by molar-refractivity contribution is 9.10. The zero-order chi connectivity index (χ0) is 21.0. The number of carbonyl (C=O) groups excluding carboxylic acids is 3. The molecule has 2 aromatic carbocycles. The molecule has 3 aromatic rings. The van der Waals surface area contributed by atoms with Crippen LogP contribution in [0.5, 0.6) is 0 Å². The van der Waals surface area contributed by atoms with Crippen molar-refractivity contribution in [3.63, 3.8) is 0 Å². The standard InChI is InChI=1S/C22H16BrClO5/c1-13-10-11-28-20(13)22(27)29-21(26)18(14-2-6-16(23)7-3-14)12-19(25)15-4-8-17(24)9-5-15/h2-11,18H,12H2,1H3. The van der Waals surface area contributed by atoms with Gasteiger partial charge in [0.15, 0.2) is 5.78 Å². The molecule has 0 amide bonds. The minimum atomic E-state index is -0.953. The van der Waals surface area contributed by atoms with Crippen LogP contribution in [0, 0.1) is 6.92 Å². The van der Waals surface area contributed by atoms with Crippen LogP contribution < -0.4 is 0 Å². The number of carbonyl (C=O) groups is 3. The van der Waals surface area contributed by atoms with Crippen LogP contribution >= 0.6 is 27.5 Å². The van der Waals surface area contributed by atoms with E-state index in [1.165, 1.54) is 6.26 Å². The van der Waals surface area contributed by atoms with Gasteiger partial charge in [-0.05, 0) is 55.0 Å². The van der Waals surface area contributed by atoms with E-state index in [4.69, 9.17) is 20.8 Å². The first-order valence-corrected chi connectivity index (χ1v) is 9.86. The zero-order valence-corrected chi connectivity index (χ0v) is 17.7. The Balaban J connectivity index is 1.84. The van der Waals surface area contributed by atoms with Crippen LogP contribution in [0.25, 0.3) is 0 Å². The summed E-state index contributed by atoms with van der Waals surface area (Å²) in [6.45, 7) is 1.67. The van der Waals surface area contributed by atoms with Gasteiger partial charge in [-0.25, -0.2) is 4.79 Å². The van der Waals surface area contributed by atoms with Gasteiger partial charge < -0.3 is 9.15 Å². The second kappa shape index (κ2) is 9.20. The first kappa shape index (κ1) is 21.0. The Labute approximate surface area is 180 Å². The van der Waals surface area contributed by atoms with E-state index in [9.17, 15) is 14.4 Å². The maximum absolute atomic E-state index is 12.8. The largest absolute Gasteiger partial charge is 0.457 e. The monoisotopic (exact) mass is 474 g/mol. The van der Waals surface area contributed by atoms with E-state index in [0.29, 0.717) is 21.7 Å². The first-order chi connectivity index (χ1) is 13.8. The Morgan fingerprint density at radius 2 is 1.69 bits per heavy atom. The summed E-state index contributed by atoms with van der Waals surface area (Å²) in [5, 5.41) is 0.504. The van der Waals surface area contributed by atoms with Gasteiger partial charge in [-0.1, -0.05) is 39.7 Å². The van der Waals surface area contributed by atoms with Crippen LogP contribution in [-0.2, 0) is 9.53 Å². The maximum atomic E-state index is 12.8. The summed E-state index contributed by atoms with van der Waals surface area (Å²) in [4.78, 5) is 37.8. The van der Waals surface area contributed by atoms with Gasteiger partial charge in [0.2, 0.25) is 5.76 Å². The number of rotatable bonds is 6. The third kappa shape index (κ3) is 5.22. The number of Topliss-reactive ketones (excluding diaryl/α,β-unsaturated/α-hetero) is 1. The van der Waals surface area contributed by atoms with Crippen LogP contribution in [0.15, 0.2) is 69.8 Å². The van der Waals surface area contributed by atoms with Crippen molar-refractivity contribution in [2.45, 2.75) is 19.3 Å². The van der Waals surface area contributed by atoms with Crippen LogP contribution in [0.1, 0.15) is 44.4 Å². The maximum Gasteiger partial charge on any atom is 0.382 e. The molecule has 0 saturated heterocycles. The minimum absolute atomic E-state index is 0.0445. The fourth-order valence-electron chi connectivity index (χ4n) is 2.76. The number of aryl methyl sites for hydroxylation is 1. The third-order valence-corrected chi connectivity index (χ3v) is 5.13. The molecule has 0 fully saturated rings. The van der Waals surface area contributed by atoms with Crippen molar-refractivity contribution in [2.75, 3.05) is 0 Å². The van der Waals surface area contributed by atoms with Gasteiger partial charge in [0.25, 0.3) is 0 Å². The smallest absolute Gasteiger partial charge is 0.382 e. The van der Waals surface area contributed by atoms with Gasteiger partial charge in [0.05, 0.1) is 12.2 Å². The van der Waals surface area contributed by atoms with E-state index >= 15 is 0 Å². The summed E-state index contributed by atoms with van der Waals surface area (Å²) < 4.78 is 10.9. The summed E-state index contributed by atoms with van der Waals surface area (Å²) in [6, 6.07) is 14.9. The number of benzene rings is 2. The summed E-state index contributed by atoms with van der Waals surface area (Å²) in [7, 11) is 0. The quantitative estimate of drug-likeness (QED) is 0.258. The summed E-state index contributed by atoms with van der Waals surface area (Å²) >= 11 is 9.20. The van der Waals surface area contributed by atoms with Gasteiger partial charge >= 0.3 is 11.9 Å². The molecule has 7 heteroatoms. The lowest BCUT2D eigenvalue weighted by Gasteiger charge is -2.15. The average Bonchev–Trinajstić information content (AvgIpc) is 3.13. The molecular formula is C22H16BrClO5. The number of hydrogen-bond donors (Lipinski definition) is 0. The lowest BCUT2D eigenvalue weighted by Crippen LogP contribution is -2.22. The van der Waals surface area contributed by atoms with Crippen molar-refractivity contribution in [1.29, 1.82) is 0 Å². The lowest BCUT2D eigenvalue weighted by atomic mass is 9.91. The molecule has 3 rings (SSSR count). The fraction of sp³-hybridized carbons (Fsp3) is 0.136. The van der Waals surface area contributed by atoms with Crippen molar-refractivity contribution in [3.8, 4) is 0 Å². The molecule has 0 saturated carbocycles. The molecule has 1 aromatic heterocycles. The molecule has 0 aliphatic carbocycles. The Bertz CT molecular complexity index is 1040. The van der Waals surface area contributed by atoms with Crippen molar-refractivity contribution in [1.82, 2.24) is 0 Å². The molecule has 5 nitrogen and oxygen atoms in total.